The van der Waals surface area contributed by atoms with Crippen LogP contribution in [0.5, 0.6) is 0 Å². The number of nitrogens with two attached hydrogens (primary N) is 1. The van der Waals surface area contributed by atoms with Crippen molar-refractivity contribution in [1.29, 1.82) is 0 Å². The fraction of sp³-hybridized carbons (Fsp3) is 0.300. The fourth-order valence-electron chi connectivity index (χ4n) is 1.06. The van der Waals surface area contributed by atoms with Gasteiger partial charge in [-0.2, -0.15) is 0 Å². The molecule has 0 aliphatic heterocycles. The molecule has 0 saturated heterocycles. The lowest BCUT2D eigenvalue weighted by molar-refractivity contribution is 0.659. The molecule has 1 atom stereocenters. The van der Waals surface area contributed by atoms with Crippen LogP contribution in [-0.2, 0) is 0 Å². The van der Waals surface area contributed by atoms with E-state index in [1.54, 1.807) is 6.20 Å². The molecule has 2 nitrogen and oxygen atoms in total. The molecule has 0 saturated carbocycles. The number of nitrogens with zero attached hydrogens (tertiary/aromatic N) is 1. The summed E-state index contributed by atoms with van der Waals surface area (Å²) >= 11 is 0. The van der Waals surface area contributed by atoms with E-state index in [1.807, 2.05) is 24.4 Å². The third-order valence-electron chi connectivity index (χ3n) is 1.79. The van der Waals surface area contributed by atoms with Gasteiger partial charge >= 0.3 is 0 Å². The third-order valence-corrected chi connectivity index (χ3v) is 1.79. The first-order chi connectivity index (χ1) is 5.84. The number of hydrogen-bond donors (Lipinski definition) is 1. The van der Waals surface area contributed by atoms with E-state index >= 15 is 0 Å². The predicted octanol–water partition coefficient (Wildman–Crippen LogP) is 2.47. The van der Waals surface area contributed by atoms with Gasteiger partial charge in [0.1, 0.15) is 0 Å². The highest BCUT2D eigenvalue weighted by molar-refractivity contribution is 5.85. The van der Waals surface area contributed by atoms with Gasteiger partial charge in [-0.05, 0) is 24.5 Å². The molecule has 3 heteroatoms. The van der Waals surface area contributed by atoms with Gasteiger partial charge in [0.15, 0.2) is 0 Å². The summed E-state index contributed by atoms with van der Waals surface area (Å²) in [6.07, 6.45) is 7.35. The minimum absolute atomic E-state index is 0. The van der Waals surface area contributed by atoms with Gasteiger partial charge in [-0.1, -0.05) is 12.1 Å². The average Bonchev–Trinajstić information content (AvgIpc) is 2.15. The Kier molecular flexibility index (Phi) is 6.20. The zero-order chi connectivity index (χ0) is 8.81. The number of aromatic nitrogens is 1. The smallest absolute Gasteiger partial charge is 0.0315 e. The monoisotopic (exact) mass is 198 g/mol. The van der Waals surface area contributed by atoms with Crippen molar-refractivity contribution in [1.82, 2.24) is 4.98 Å². The highest BCUT2D eigenvalue weighted by atomic mass is 35.5. The van der Waals surface area contributed by atoms with Crippen molar-refractivity contribution >= 4 is 12.4 Å². The van der Waals surface area contributed by atoms with Crippen LogP contribution >= 0.6 is 12.4 Å². The van der Waals surface area contributed by atoms with Gasteiger partial charge in [0.2, 0.25) is 0 Å². The molecule has 72 valence electrons. The first-order valence-corrected chi connectivity index (χ1v) is 4.11. The Morgan fingerprint density at radius 3 is 2.92 bits per heavy atom. The minimum atomic E-state index is 0. The summed E-state index contributed by atoms with van der Waals surface area (Å²) in [6, 6.07) is 4.00. The fourth-order valence-corrected chi connectivity index (χ4v) is 1.06. The van der Waals surface area contributed by atoms with E-state index < -0.39 is 0 Å². The van der Waals surface area contributed by atoms with Crippen LogP contribution in [0, 0.1) is 0 Å². The van der Waals surface area contributed by atoms with Gasteiger partial charge < -0.3 is 5.73 Å². The predicted molar refractivity (Wildman–Crippen MR) is 57.8 cm³/mol. The molecule has 0 amide bonds. The number of allylic oxidation sites excluding steroid dienone is 1. The van der Waals surface area contributed by atoms with Crippen LogP contribution in [0.2, 0.25) is 0 Å². The molecule has 0 aliphatic carbocycles. The van der Waals surface area contributed by atoms with Crippen molar-refractivity contribution in [3.63, 3.8) is 0 Å². The standard InChI is InChI=1S/C10H14N2.ClH/c1-2-3-6-10(11)9-5-4-7-12-8-9;/h2,4-5,7-8,10H,1,3,6,11H2;1H/t10-;/m1./s1. The number of hydrogen-bond acceptors (Lipinski definition) is 2. The van der Waals surface area contributed by atoms with E-state index in [-0.39, 0.29) is 18.4 Å². The van der Waals surface area contributed by atoms with Crippen molar-refractivity contribution in [2.75, 3.05) is 0 Å². The first-order valence-electron chi connectivity index (χ1n) is 4.11. The molecule has 0 bridgehead atoms. The molecule has 2 N–H and O–H groups in total. The molecule has 0 fully saturated rings. The summed E-state index contributed by atoms with van der Waals surface area (Å²) in [7, 11) is 0. The summed E-state index contributed by atoms with van der Waals surface area (Å²) in [5.41, 5.74) is 6.99. The molecule has 1 rings (SSSR count). The average molecular weight is 199 g/mol. The number of rotatable bonds is 4. The van der Waals surface area contributed by atoms with Crippen LogP contribution in [0.25, 0.3) is 0 Å². The van der Waals surface area contributed by atoms with E-state index in [4.69, 9.17) is 5.73 Å². The summed E-state index contributed by atoms with van der Waals surface area (Å²) < 4.78 is 0. The van der Waals surface area contributed by atoms with E-state index in [0.29, 0.717) is 0 Å². The summed E-state index contributed by atoms with van der Waals surface area (Å²) in [4.78, 5) is 4.01. The molecule has 1 heterocycles. The molecule has 0 aromatic carbocycles. The van der Waals surface area contributed by atoms with Crippen LogP contribution in [0.4, 0.5) is 0 Å². The van der Waals surface area contributed by atoms with Gasteiger partial charge in [0.05, 0.1) is 0 Å². The molecular formula is C10H15ClN2. The highest BCUT2D eigenvalue weighted by Crippen LogP contribution is 2.13. The highest BCUT2D eigenvalue weighted by Gasteiger charge is 2.02. The van der Waals surface area contributed by atoms with Gasteiger partial charge in [-0.3, -0.25) is 4.98 Å². The Labute approximate surface area is 85.3 Å². The lowest BCUT2D eigenvalue weighted by atomic mass is 10.1. The topological polar surface area (TPSA) is 38.9 Å². The molecule has 0 spiro atoms. The Morgan fingerprint density at radius 1 is 1.62 bits per heavy atom. The molecule has 0 unspecified atom stereocenters. The number of halogens is 1. The zero-order valence-electron chi connectivity index (χ0n) is 7.52. The zero-order valence-corrected chi connectivity index (χ0v) is 8.33. The Balaban J connectivity index is 0.00000144. The van der Waals surface area contributed by atoms with E-state index in [9.17, 15) is 0 Å². The molecule has 0 radical (unpaired) electrons. The Hall–Kier alpha value is -0.860. The molecule has 13 heavy (non-hydrogen) atoms. The molecule has 1 aromatic heterocycles. The van der Waals surface area contributed by atoms with Crippen LogP contribution in [0.15, 0.2) is 37.2 Å². The lowest BCUT2D eigenvalue weighted by Crippen LogP contribution is -2.09. The first kappa shape index (κ1) is 12.1. The minimum Gasteiger partial charge on any atom is -0.324 e. The maximum atomic E-state index is 5.89. The van der Waals surface area contributed by atoms with Gasteiger partial charge in [-0.15, -0.1) is 19.0 Å². The van der Waals surface area contributed by atoms with Crippen molar-refractivity contribution in [2.45, 2.75) is 18.9 Å². The van der Waals surface area contributed by atoms with Crippen LogP contribution in [0.1, 0.15) is 24.4 Å². The van der Waals surface area contributed by atoms with Crippen molar-refractivity contribution in [3.8, 4) is 0 Å². The Morgan fingerprint density at radius 2 is 2.38 bits per heavy atom. The lowest BCUT2D eigenvalue weighted by Gasteiger charge is -2.08. The Bertz CT molecular complexity index is 236. The van der Waals surface area contributed by atoms with Crippen LogP contribution < -0.4 is 5.73 Å². The summed E-state index contributed by atoms with van der Waals surface area (Å²) in [5.74, 6) is 0. The summed E-state index contributed by atoms with van der Waals surface area (Å²) in [5, 5.41) is 0. The van der Waals surface area contributed by atoms with Crippen LogP contribution in [-0.4, -0.2) is 4.98 Å². The van der Waals surface area contributed by atoms with E-state index in [0.717, 1.165) is 18.4 Å². The van der Waals surface area contributed by atoms with Gasteiger partial charge in [-0.25, -0.2) is 0 Å². The number of pyridine rings is 1. The van der Waals surface area contributed by atoms with E-state index in [2.05, 4.69) is 11.6 Å². The van der Waals surface area contributed by atoms with E-state index in [1.165, 1.54) is 0 Å². The second kappa shape index (κ2) is 6.63. The van der Waals surface area contributed by atoms with Crippen LogP contribution in [0.3, 0.4) is 0 Å². The van der Waals surface area contributed by atoms with Crippen molar-refractivity contribution in [3.05, 3.63) is 42.7 Å². The second-order valence-electron chi connectivity index (χ2n) is 2.76. The molecule has 1 aromatic rings. The maximum absolute atomic E-state index is 5.89. The normalized spacial score (nSPS) is 11.5. The van der Waals surface area contributed by atoms with Gasteiger partial charge in [0.25, 0.3) is 0 Å². The largest absolute Gasteiger partial charge is 0.324 e. The molecule has 0 aliphatic rings. The van der Waals surface area contributed by atoms with Gasteiger partial charge in [0, 0.05) is 18.4 Å². The quantitative estimate of drug-likeness (QED) is 0.755. The molecular weight excluding hydrogens is 184 g/mol. The van der Waals surface area contributed by atoms with Crippen molar-refractivity contribution < 1.29 is 0 Å². The maximum Gasteiger partial charge on any atom is 0.0315 e. The third kappa shape index (κ3) is 4.06. The second-order valence-corrected chi connectivity index (χ2v) is 2.76. The van der Waals surface area contributed by atoms with Crippen molar-refractivity contribution in [2.24, 2.45) is 5.73 Å². The summed E-state index contributed by atoms with van der Waals surface area (Å²) in [6.45, 7) is 3.66. The SMILES string of the molecule is C=CCC[C@@H](N)c1cccnc1.Cl.